The van der Waals surface area contributed by atoms with Crippen LogP contribution in [0, 0.1) is 107 Å². The van der Waals surface area contributed by atoms with Crippen molar-refractivity contribution >= 4 is 48.3 Å². The maximum absolute atomic E-state index is 9.52. The van der Waals surface area contributed by atoms with E-state index in [1.54, 1.807) is 24.3 Å². The Bertz CT molecular complexity index is 2150. The van der Waals surface area contributed by atoms with E-state index in [1.807, 2.05) is 24.3 Å². The molecular weight excluding hydrogens is 649 g/mol. The van der Waals surface area contributed by atoms with E-state index < -0.39 is 14.2 Å². The zero-order valence-electron chi connectivity index (χ0n) is 33.2. The van der Waals surface area contributed by atoms with Crippen molar-refractivity contribution in [2.24, 2.45) is 0 Å². The lowest BCUT2D eigenvalue weighted by Crippen LogP contribution is -2.58. The van der Waals surface area contributed by atoms with Crippen LogP contribution in [0.5, 0.6) is 0 Å². The summed E-state index contributed by atoms with van der Waals surface area (Å²) in [5.41, 5.74) is 23.3. The smallest absolute Gasteiger partial charge is 0.423 e. The van der Waals surface area contributed by atoms with Gasteiger partial charge in [-0.15, -0.1) is 0 Å². The van der Waals surface area contributed by atoms with E-state index in [0.29, 0.717) is 10.9 Å². The van der Waals surface area contributed by atoms with Crippen molar-refractivity contribution in [3.05, 3.63) is 144 Å². The summed E-state index contributed by atoms with van der Waals surface area (Å²) in [4.78, 5) is 0. The molecule has 266 valence electrons. The highest BCUT2D eigenvalue weighted by molar-refractivity contribution is 6.97. The van der Waals surface area contributed by atoms with E-state index in [9.17, 15) is 20.1 Å². The Morgan fingerprint density at radius 1 is 0.358 bits per heavy atom. The molecule has 5 aromatic carbocycles. The summed E-state index contributed by atoms with van der Waals surface area (Å²) in [7, 11) is -3.01. The number of rotatable bonds is 5. The fourth-order valence-corrected chi connectivity index (χ4v) is 7.78. The molecule has 53 heavy (non-hydrogen) atoms. The SMILES string of the molecule is Cc1cc(C)c(C)c(B(c2c(C)c(C)c(C#Cc3ccc(B(O)O)cc3)c(C)c2C)c2c(C)c(C)c(C#Cc3ccc(B(O)O)cc3)c(C)c2C)c1C. The molecule has 4 N–H and O–H groups in total. The van der Waals surface area contributed by atoms with Crippen LogP contribution in [0.2, 0.25) is 0 Å². The lowest BCUT2D eigenvalue weighted by Gasteiger charge is -2.31. The number of hydrogen-bond acceptors (Lipinski definition) is 4. The predicted octanol–water partition coefficient (Wildman–Crippen LogP) is 4.06. The van der Waals surface area contributed by atoms with Gasteiger partial charge in [0.15, 0.2) is 0 Å². The topological polar surface area (TPSA) is 80.9 Å². The molecule has 0 fully saturated rings. The first-order chi connectivity index (χ1) is 25.0. The second kappa shape index (κ2) is 15.7. The van der Waals surface area contributed by atoms with Crippen molar-refractivity contribution in [1.82, 2.24) is 0 Å². The minimum Gasteiger partial charge on any atom is -0.423 e. The molecule has 0 aliphatic carbocycles. The number of hydrogen-bond donors (Lipinski definition) is 4. The molecule has 0 saturated heterocycles. The van der Waals surface area contributed by atoms with Gasteiger partial charge in [0.1, 0.15) is 0 Å². The molecule has 0 saturated carbocycles. The first kappa shape index (κ1) is 39.5. The molecule has 0 heterocycles. The fourth-order valence-electron chi connectivity index (χ4n) is 7.78. The van der Waals surface area contributed by atoms with Crippen LogP contribution >= 0.6 is 0 Å². The van der Waals surface area contributed by atoms with Crippen molar-refractivity contribution in [2.45, 2.75) is 83.1 Å². The molecule has 0 amide bonds. The molecular formula is C46H49B3O4. The molecule has 0 aliphatic heterocycles. The highest BCUT2D eigenvalue weighted by atomic mass is 16.4. The standard InChI is InChI=1S/C46H49B3O4/c1-26-25-27(2)29(4)44(28(26)3)47(45-34(9)30(5)42(31(6)35(45)10)23-17-38-13-19-40(20-14-38)48(50)51)46-36(11)32(7)43(33(8)37(46)12)24-18-39-15-21-41(22-16-39)49(52)53/h13-16,19-22,25,50-53H,1-12H3. The average Bonchev–Trinajstić information content (AvgIpc) is 3.12. The van der Waals surface area contributed by atoms with Gasteiger partial charge in [-0.3, -0.25) is 0 Å². The van der Waals surface area contributed by atoms with Crippen LogP contribution in [0.3, 0.4) is 0 Å². The van der Waals surface area contributed by atoms with Crippen molar-refractivity contribution in [2.75, 3.05) is 0 Å². The molecule has 0 aliphatic rings. The zero-order valence-corrected chi connectivity index (χ0v) is 33.2. The summed E-state index contributed by atoms with van der Waals surface area (Å²) < 4.78 is 0. The molecule has 4 nitrogen and oxygen atoms in total. The van der Waals surface area contributed by atoms with Crippen LogP contribution in [-0.2, 0) is 0 Å². The van der Waals surface area contributed by atoms with E-state index in [2.05, 4.69) is 113 Å². The Hall–Kier alpha value is -4.75. The van der Waals surface area contributed by atoms with Crippen LogP contribution in [-0.4, -0.2) is 41.0 Å². The Labute approximate surface area is 317 Å². The molecule has 5 rings (SSSR count). The monoisotopic (exact) mass is 698 g/mol. The third-order valence-corrected chi connectivity index (χ3v) is 11.7. The normalized spacial score (nSPS) is 10.7. The second-order valence-electron chi connectivity index (χ2n) is 14.7. The number of benzene rings is 5. The van der Waals surface area contributed by atoms with Crippen molar-refractivity contribution < 1.29 is 20.1 Å². The van der Waals surface area contributed by atoms with Gasteiger partial charge in [-0.1, -0.05) is 104 Å². The van der Waals surface area contributed by atoms with Crippen molar-refractivity contribution in [3.8, 4) is 23.7 Å². The summed E-state index contributed by atoms with van der Waals surface area (Å²) in [6.07, 6.45) is 0. The lowest BCUT2D eigenvalue weighted by atomic mass is 9.32. The second-order valence-corrected chi connectivity index (χ2v) is 14.7. The maximum atomic E-state index is 9.52. The Morgan fingerprint density at radius 3 is 0.925 bits per heavy atom. The summed E-state index contributed by atoms with van der Waals surface area (Å²) >= 11 is 0. The van der Waals surface area contributed by atoms with E-state index in [4.69, 9.17) is 0 Å². The minimum absolute atomic E-state index is 0.0256. The molecule has 0 bridgehead atoms. The van der Waals surface area contributed by atoms with Crippen molar-refractivity contribution in [1.29, 1.82) is 0 Å². The summed E-state index contributed by atoms with van der Waals surface area (Å²) in [5, 5.41) is 38.1. The van der Waals surface area contributed by atoms with Gasteiger partial charge in [-0.2, -0.15) is 0 Å². The number of aryl methyl sites for hydroxylation is 2. The van der Waals surface area contributed by atoms with E-state index in [0.717, 1.165) is 44.5 Å². The summed E-state index contributed by atoms with van der Waals surface area (Å²) in [6, 6.07) is 16.4. The van der Waals surface area contributed by atoms with E-state index in [1.165, 1.54) is 60.9 Å². The molecule has 5 aromatic rings. The highest BCUT2D eigenvalue weighted by Crippen LogP contribution is 2.26. The minimum atomic E-state index is -1.51. The first-order valence-corrected chi connectivity index (χ1v) is 18.2. The van der Waals surface area contributed by atoms with Gasteiger partial charge >= 0.3 is 14.2 Å². The zero-order chi connectivity index (χ0) is 39.0. The largest absolute Gasteiger partial charge is 0.488 e. The summed E-state index contributed by atoms with van der Waals surface area (Å²) in [6.45, 7) is 26.6. The molecule has 0 spiro atoms. The third kappa shape index (κ3) is 7.55. The van der Waals surface area contributed by atoms with E-state index >= 15 is 0 Å². The van der Waals surface area contributed by atoms with Gasteiger partial charge < -0.3 is 20.1 Å². The van der Waals surface area contributed by atoms with Gasteiger partial charge in [0.2, 0.25) is 6.71 Å². The quantitative estimate of drug-likeness (QED) is 0.165. The van der Waals surface area contributed by atoms with Crippen LogP contribution in [0.25, 0.3) is 0 Å². The van der Waals surface area contributed by atoms with E-state index in [-0.39, 0.29) is 6.71 Å². The Kier molecular flexibility index (Phi) is 11.7. The van der Waals surface area contributed by atoms with Crippen LogP contribution in [0.15, 0.2) is 54.6 Å². The lowest BCUT2D eigenvalue weighted by molar-refractivity contribution is 0.424. The van der Waals surface area contributed by atoms with Gasteiger partial charge in [-0.05, 0) is 152 Å². The Balaban J connectivity index is 1.77. The molecule has 0 radical (unpaired) electrons. The molecule has 0 atom stereocenters. The van der Waals surface area contributed by atoms with Gasteiger partial charge in [0.05, 0.1) is 0 Å². The Morgan fingerprint density at radius 2 is 0.642 bits per heavy atom. The molecule has 0 unspecified atom stereocenters. The van der Waals surface area contributed by atoms with Gasteiger partial charge in [0.25, 0.3) is 0 Å². The third-order valence-electron chi connectivity index (χ3n) is 11.7. The van der Waals surface area contributed by atoms with Crippen LogP contribution in [0.4, 0.5) is 0 Å². The molecule has 7 heteroatoms. The molecule has 0 aromatic heterocycles. The summed E-state index contributed by atoms with van der Waals surface area (Å²) in [5.74, 6) is 13.6. The fraction of sp³-hybridized carbons (Fsp3) is 0.261. The van der Waals surface area contributed by atoms with Crippen LogP contribution < -0.4 is 27.3 Å². The van der Waals surface area contributed by atoms with Crippen molar-refractivity contribution in [3.63, 3.8) is 0 Å². The predicted molar refractivity (Wildman–Crippen MR) is 225 cm³/mol. The van der Waals surface area contributed by atoms with Gasteiger partial charge in [0, 0.05) is 22.3 Å². The average molecular weight is 698 g/mol. The maximum Gasteiger partial charge on any atom is 0.488 e. The first-order valence-electron chi connectivity index (χ1n) is 18.2. The van der Waals surface area contributed by atoms with Gasteiger partial charge in [-0.25, -0.2) is 0 Å². The highest BCUT2D eigenvalue weighted by Gasteiger charge is 2.34. The van der Waals surface area contributed by atoms with Crippen LogP contribution in [0.1, 0.15) is 89.0 Å².